The Balaban J connectivity index is 2.68. The summed E-state index contributed by atoms with van der Waals surface area (Å²) in [6.45, 7) is 0.936. The summed E-state index contributed by atoms with van der Waals surface area (Å²) >= 11 is 5.90. The second-order valence-electron chi connectivity index (χ2n) is 3.89. The minimum Gasteiger partial charge on any atom is -0.493 e. The molecule has 2 N–H and O–H groups in total. The fourth-order valence-corrected chi connectivity index (χ4v) is 1.66. The first-order valence-corrected chi connectivity index (χ1v) is 5.94. The molecule has 0 aromatic heterocycles. The zero-order chi connectivity index (χ0) is 13.8. The van der Waals surface area contributed by atoms with Crippen molar-refractivity contribution in [2.75, 3.05) is 13.2 Å². The van der Waals surface area contributed by atoms with Gasteiger partial charge in [-0.3, -0.25) is 0 Å². The van der Waals surface area contributed by atoms with Gasteiger partial charge in [0.05, 0.1) is 0 Å². The molecule has 2 nitrogen and oxygen atoms in total. The molecule has 0 bridgehead atoms. The fraction of sp³-hybridized carbons (Fsp3) is 0.500. The zero-order valence-corrected chi connectivity index (χ0v) is 10.7. The van der Waals surface area contributed by atoms with Crippen LogP contribution in [-0.4, -0.2) is 19.3 Å². The average molecular weight is 282 g/mol. The summed E-state index contributed by atoms with van der Waals surface area (Å²) in [5.74, 6) is -1.28. The van der Waals surface area contributed by atoms with Crippen LogP contribution in [0.15, 0.2) is 18.2 Å². The van der Waals surface area contributed by atoms with Crippen LogP contribution in [0.3, 0.4) is 0 Å². The number of halogens is 4. The van der Waals surface area contributed by atoms with Crippen molar-refractivity contribution in [2.24, 2.45) is 11.7 Å². The maximum atomic E-state index is 12.5. The van der Waals surface area contributed by atoms with Gasteiger partial charge in [0, 0.05) is 11.6 Å². The van der Waals surface area contributed by atoms with Gasteiger partial charge in [0.15, 0.2) is 0 Å². The number of alkyl halides is 3. The molecule has 6 heteroatoms. The van der Waals surface area contributed by atoms with Gasteiger partial charge in [0.2, 0.25) is 0 Å². The van der Waals surface area contributed by atoms with Crippen molar-refractivity contribution in [3.8, 4) is 5.75 Å². The third kappa shape index (κ3) is 4.07. The monoisotopic (exact) mass is 281 g/mol. The molecule has 0 saturated heterocycles. The van der Waals surface area contributed by atoms with Crippen LogP contribution in [0.1, 0.15) is 12.5 Å². The number of ether oxygens (including phenoxy) is 1. The van der Waals surface area contributed by atoms with Gasteiger partial charge in [-0.2, -0.15) is 13.2 Å². The maximum Gasteiger partial charge on any atom is 0.396 e. The number of aryl methyl sites for hydroxylation is 1. The summed E-state index contributed by atoms with van der Waals surface area (Å²) in [4.78, 5) is 0. The van der Waals surface area contributed by atoms with Crippen LogP contribution >= 0.6 is 11.6 Å². The molecule has 0 aliphatic heterocycles. The van der Waals surface area contributed by atoms with E-state index in [0.717, 1.165) is 5.56 Å². The number of nitrogens with two attached hydrogens (primary N) is 1. The Morgan fingerprint density at radius 3 is 2.56 bits per heavy atom. The predicted molar refractivity (Wildman–Crippen MR) is 64.9 cm³/mol. The molecule has 0 saturated carbocycles. The molecule has 1 rings (SSSR count). The molecule has 0 heterocycles. The van der Waals surface area contributed by atoms with E-state index >= 15 is 0 Å². The van der Waals surface area contributed by atoms with Crippen molar-refractivity contribution < 1.29 is 17.9 Å². The summed E-state index contributed by atoms with van der Waals surface area (Å²) in [6, 6.07) is 4.80. The summed E-state index contributed by atoms with van der Waals surface area (Å²) in [5, 5.41) is 0.580. The maximum absolute atomic E-state index is 12.5. The summed E-state index contributed by atoms with van der Waals surface area (Å²) in [6.07, 6.45) is -3.65. The van der Waals surface area contributed by atoms with E-state index in [9.17, 15) is 13.2 Å². The van der Waals surface area contributed by atoms with Crippen molar-refractivity contribution in [1.82, 2.24) is 0 Å². The summed E-state index contributed by atoms with van der Waals surface area (Å²) in [5.41, 5.74) is 5.92. The highest BCUT2D eigenvalue weighted by Crippen LogP contribution is 2.27. The second-order valence-corrected chi connectivity index (χ2v) is 4.30. The number of rotatable bonds is 5. The molecule has 1 aromatic rings. The van der Waals surface area contributed by atoms with Crippen LogP contribution in [0.2, 0.25) is 5.02 Å². The first kappa shape index (κ1) is 15.1. The van der Waals surface area contributed by atoms with Gasteiger partial charge in [-0.25, -0.2) is 0 Å². The Morgan fingerprint density at radius 2 is 2.06 bits per heavy atom. The van der Waals surface area contributed by atoms with Crippen LogP contribution in [0.25, 0.3) is 0 Å². The molecular weight excluding hydrogens is 267 g/mol. The quantitative estimate of drug-likeness (QED) is 0.897. The van der Waals surface area contributed by atoms with Gasteiger partial charge in [-0.1, -0.05) is 18.5 Å². The molecule has 0 radical (unpaired) electrons. The molecular formula is C12H15ClF3NO. The van der Waals surface area contributed by atoms with Crippen molar-refractivity contribution in [3.05, 3.63) is 28.8 Å². The van der Waals surface area contributed by atoms with E-state index in [1.54, 1.807) is 18.2 Å². The highest BCUT2D eigenvalue weighted by atomic mass is 35.5. The van der Waals surface area contributed by atoms with E-state index in [0.29, 0.717) is 17.2 Å². The molecule has 0 fully saturated rings. The van der Waals surface area contributed by atoms with Gasteiger partial charge >= 0.3 is 6.18 Å². The minimum atomic E-state index is -4.34. The van der Waals surface area contributed by atoms with Crippen LogP contribution in [0.4, 0.5) is 13.2 Å². The first-order chi connectivity index (χ1) is 8.38. The largest absolute Gasteiger partial charge is 0.493 e. The molecule has 0 aliphatic rings. The summed E-state index contributed by atoms with van der Waals surface area (Å²) in [7, 11) is 0. The molecule has 18 heavy (non-hydrogen) atoms. The fourth-order valence-electron chi connectivity index (χ4n) is 1.40. The lowest BCUT2D eigenvalue weighted by atomic mass is 10.1. The Bertz CT molecular complexity index is 395. The van der Waals surface area contributed by atoms with Crippen molar-refractivity contribution in [3.63, 3.8) is 0 Å². The van der Waals surface area contributed by atoms with E-state index in [1.807, 2.05) is 6.92 Å². The van der Waals surface area contributed by atoms with E-state index in [4.69, 9.17) is 22.1 Å². The van der Waals surface area contributed by atoms with Gasteiger partial charge in [0.1, 0.15) is 18.3 Å². The predicted octanol–water partition coefficient (Wildman–Crippen LogP) is 3.42. The number of benzene rings is 1. The second kappa shape index (κ2) is 6.29. The lowest BCUT2D eigenvalue weighted by Gasteiger charge is -2.19. The van der Waals surface area contributed by atoms with Crippen LogP contribution < -0.4 is 10.5 Å². The lowest BCUT2D eigenvalue weighted by Crippen LogP contribution is -2.35. The minimum absolute atomic E-state index is 0.374. The third-order valence-corrected chi connectivity index (χ3v) is 2.97. The average Bonchev–Trinajstić information content (AvgIpc) is 2.30. The van der Waals surface area contributed by atoms with Gasteiger partial charge in [-0.15, -0.1) is 0 Å². The van der Waals surface area contributed by atoms with E-state index in [2.05, 4.69) is 0 Å². The third-order valence-electron chi connectivity index (χ3n) is 2.60. The smallest absolute Gasteiger partial charge is 0.396 e. The lowest BCUT2D eigenvalue weighted by molar-refractivity contribution is -0.178. The van der Waals surface area contributed by atoms with Crippen LogP contribution in [-0.2, 0) is 6.42 Å². The van der Waals surface area contributed by atoms with Gasteiger partial charge < -0.3 is 10.5 Å². The van der Waals surface area contributed by atoms with Crippen molar-refractivity contribution >= 4 is 11.6 Å². The van der Waals surface area contributed by atoms with E-state index in [-0.39, 0.29) is 0 Å². The topological polar surface area (TPSA) is 35.2 Å². The van der Waals surface area contributed by atoms with Crippen molar-refractivity contribution in [1.29, 1.82) is 0 Å². The SMILES string of the molecule is CCc1cc(OCC(CN)C(F)(F)F)ccc1Cl. The highest BCUT2D eigenvalue weighted by Gasteiger charge is 2.39. The van der Waals surface area contributed by atoms with Gasteiger partial charge in [-0.05, 0) is 30.2 Å². The molecule has 0 aliphatic carbocycles. The summed E-state index contributed by atoms with van der Waals surface area (Å²) < 4.78 is 42.5. The highest BCUT2D eigenvalue weighted by molar-refractivity contribution is 6.31. The van der Waals surface area contributed by atoms with Crippen LogP contribution in [0.5, 0.6) is 5.75 Å². The Kier molecular flexibility index (Phi) is 5.28. The molecule has 1 aromatic carbocycles. The van der Waals surface area contributed by atoms with E-state index in [1.165, 1.54) is 0 Å². The normalized spacial score (nSPS) is 13.4. The first-order valence-electron chi connectivity index (χ1n) is 5.56. The Hall–Kier alpha value is -0.940. The Morgan fingerprint density at radius 1 is 1.39 bits per heavy atom. The Labute approximate surface area is 109 Å². The molecule has 0 amide bonds. The molecule has 1 atom stereocenters. The standard InChI is InChI=1S/C12H15ClF3NO/c1-2-8-5-10(3-4-11(8)13)18-7-9(6-17)12(14,15)16/h3-5,9H,2,6-7,17H2,1H3. The zero-order valence-electron chi connectivity index (χ0n) is 9.93. The number of hydrogen-bond donors (Lipinski definition) is 1. The number of hydrogen-bond acceptors (Lipinski definition) is 2. The van der Waals surface area contributed by atoms with Crippen LogP contribution in [0, 0.1) is 5.92 Å². The van der Waals surface area contributed by atoms with Gasteiger partial charge in [0.25, 0.3) is 0 Å². The van der Waals surface area contributed by atoms with E-state index < -0.39 is 25.2 Å². The van der Waals surface area contributed by atoms with Crippen molar-refractivity contribution in [2.45, 2.75) is 19.5 Å². The molecule has 1 unspecified atom stereocenters. The molecule has 102 valence electrons. The molecule has 0 spiro atoms.